The number of hydrogen-bond donors (Lipinski definition) is 0. The first-order valence-corrected chi connectivity index (χ1v) is 6.09. The largest absolute Gasteiger partial charge is 0.469 e. The van der Waals surface area contributed by atoms with Crippen molar-refractivity contribution >= 4 is 11.9 Å². The Morgan fingerprint density at radius 1 is 1.32 bits per heavy atom. The minimum atomic E-state index is -0.265. The van der Waals surface area contributed by atoms with E-state index in [9.17, 15) is 9.59 Å². The smallest absolute Gasteiger partial charge is 0.305 e. The number of carbonyl (C=O) groups is 2. The van der Waals surface area contributed by atoms with Gasteiger partial charge in [0.1, 0.15) is 0 Å². The number of amides is 1. The van der Waals surface area contributed by atoms with Crippen molar-refractivity contribution in [3.05, 3.63) is 23.0 Å². The van der Waals surface area contributed by atoms with Gasteiger partial charge in [0.05, 0.1) is 24.1 Å². The van der Waals surface area contributed by atoms with E-state index in [2.05, 4.69) is 14.9 Å². The first-order chi connectivity index (χ1) is 8.95. The van der Waals surface area contributed by atoms with Crippen molar-refractivity contribution in [2.24, 2.45) is 0 Å². The van der Waals surface area contributed by atoms with Crippen molar-refractivity contribution in [3.63, 3.8) is 0 Å². The molecule has 0 atom stereocenters. The molecule has 1 aromatic rings. The van der Waals surface area contributed by atoms with Gasteiger partial charge in [-0.2, -0.15) is 10.2 Å². The molecule has 0 fully saturated rings. The SMILES string of the molecule is COC(=O)CCCN(C)C(=O)c1cc(C)nnc1C. The topological polar surface area (TPSA) is 72.4 Å². The Morgan fingerprint density at radius 2 is 2.00 bits per heavy atom. The maximum Gasteiger partial charge on any atom is 0.305 e. The molecule has 0 radical (unpaired) electrons. The van der Waals surface area contributed by atoms with E-state index in [-0.39, 0.29) is 11.9 Å². The van der Waals surface area contributed by atoms with E-state index >= 15 is 0 Å². The van der Waals surface area contributed by atoms with E-state index in [1.807, 2.05) is 0 Å². The highest BCUT2D eigenvalue weighted by Gasteiger charge is 2.15. The number of ether oxygens (including phenoxy) is 1. The molecule has 6 nitrogen and oxygen atoms in total. The van der Waals surface area contributed by atoms with Crippen LogP contribution in [0.4, 0.5) is 0 Å². The molecule has 1 aromatic heterocycles. The molecule has 1 rings (SSSR count). The van der Waals surface area contributed by atoms with E-state index in [0.717, 1.165) is 0 Å². The molecule has 1 amide bonds. The minimum absolute atomic E-state index is 0.111. The Labute approximate surface area is 112 Å². The summed E-state index contributed by atoms with van der Waals surface area (Å²) in [6.45, 7) is 4.04. The lowest BCUT2D eigenvalue weighted by atomic mass is 10.1. The summed E-state index contributed by atoms with van der Waals surface area (Å²) in [5.41, 5.74) is 1.86. The quantitative estimate of drug-likeness (QED) is 0.746. The van der Waals surface area contributed by atoms with Gasteiger partial charge in [-0.25, -0.2) is 0 Å². The highest BCUT2D eigenvalue weighted by molar-refractivity contribution is 5.95. The summed E-state index contributed by atoms with van der Waals surface area (Å²) in [5, 5.41) is 7.83. The molecule has 0 saturated heterocycles. The number of aromatic nitrogens is 2. The Kier molecular flexibility index (Phi) is 5.41. The number of hydrogen-bond acceptors (Lipinski definition) is 5. The third-order valence-electron chi connectivity index (χ3n) is 2.78. The summed E-state index contributed by atoms with van der Waals surface area (Å²) < 4.78 is 4.55. The molecule has 104 valence electrons. The summed E-state index contributed by atoms with van der Waals surface area (Å²) in [7, 11) is 3.06. The number of nitrogens with zero attached hydrogens (tertiary/aromatic N) is 3. The standard InChI is InChI=1S/C13H19N3O3/c1-9-8-11(10(2)15-14-9)13(18)16(3)7-5-6-12(17)19-4/h8H,5-7H2,1-4H3. The fraction of sp³-hybridized carbons (Fsp3) is 0.538. The molecule has 0 saturated carbocycles. The summed E-state index contributed by atoms with van der Waals surface area (Å²) >= 11 is 0. The van der Waals surface area contributed by atoms with Gasteiger partial charge in [0.25, 0.3) is 5.91 Å². The highest BCUT2D eigenvalue weighted by atomic mass is 16.5. The fourth-order valence-corrected chi connectivity index (χ4v) is 1.64. The maximum atomic E-state index is 12.2. The lowest BCUT2D eigenvalue weighted by Crippen LogP contribution is -2.29. The number of carbonyl (C=O) groups excluding carboxylic acids is 2. The summed E-state index contributed by atoms with van der Waals surface area (Å²) in [4.78, 5) is 24.8. The molecule has 0 aromatic carbocycles. The molecule has 0 aliphatic rings. The molecule has 6 heteroatoms. The molecule has 0 N–H and O–H groups in total. The number of methoxy groups -OCH3 is 1. The van der Waals surface area contributed by atoms with Crippen LogP contribution in [0.1, 0.15) is 34.6 Å². The minimum Gasteiger partial charge on any atom is -0.469 e. The average Bonchev–Trinajstić information content (AvgIpc) is 2.40. The van der Waals surface area contributed by atoms with Gasteiger partial charge in [0.2, 0.25) is 0 Å². The van der Waals surface area contributed by atoms with Crippen LogP contribution in [-0.2, 0) is 9.53 Å². The van der Waals surface area contributed by atoms with Crippen LogP contribution in [0, 0.1) is 13.8 Å². The summed E-state index contributed by atoms with van der Waals surface area (Å²) in [6.07, 6.45) is 0.881. The zero-order valence-electron chi connectivity index (χ0n) is 11.8. The Bertz CT molecular complexity index is 474. The molecule has 0 unspecified atom stereocenters. The van der Waals surface area contributed by atoms with Crippen LogP contribution in [-0.4, -0.2) is 47.7 Å². The van der Waals surface area contributed by atoms with Gasteiger partial charge in [-0.05, 0) is 26.3 Å². The second-order valence-corrected chi connectivity index (χ2v) is 4.39. The van der Waals surface area contributed by atoms with Gasteiger partial charge in [-0.15, -0.1) is 0 Å². The van der Waals surface area contributed by atoms with Gasteiger partial charge in [-0.1, -0.05) is 0 Å². The summed E-state index contributed by atoms with van der Waals surface area (Å²) in [6, 6.07) is 1.72. The second-order valence-electron chi connectivity index (χ2n) is 4.39. The van der Waals surface area contributed by atoms with Crippen molar-refractivity contribution in [1.29, 1.82) is 0 Å². The number of aryl methyl sites for hydroxylation is 2. The van der Waals surface area contributed by atoms with Gasteiger partial charge < -0.3 is 9.64 Å². The van der Waals surface area contributed by atoms with Crippen LogP contribution in [0.2, 0.25) is 0 Å². The van der Waals surface area contributed by atoms with E-state index < -0.39 is 0 Å². The summed E-state index contributed by atoms with van der Waals surface area (Å²) in [5.74, 6) is -0.376. The zero-order valence-corrected chi connectivity index (χ0v) is 11.8. The lowest BCUT2D eigenvalue weighted by molar-refractivity contribution is -0.140. The number of esters is 1. The van der Waals surface area contributed by atoms with Crippen molar-refractivity contribution in [1.82, 2.24) is 15.1 Å². The van der Waals surface area contributed by atoms with Crippen LogP contribution in [0.15, 0.2) is 6.07 Å². The number of rotatable bonds is 5. The average molecular weight is 265 g/mol. The van der Waals surface area contributed by atoms with Crippen LogP contribution in [0.5, 0.6) is 0 Å². The van der Waals surface area contributed by atoms with Gasteiger partial charge in [-0.3, -0.25) is 9.59 Å². The van der Waals surface area contributed by atoms with Gasteiger partial charge in [0, 0.05) is 20.0 Å². The Morgan fingerprint density at radius 3 is 2.63 bits per heavy atom. The molecular formula is C13H19N3O3. The van der Waals surface area contributed by atoms with E-state index in [0.29, 0.717) is 36.3 Å². The van der Waals surface area contributed by atoms with Gasteiger partial charge in [0.15, 0.2) is 0 Å². The Balaban J connectivity index is 2.61. The predicted octanol–water partition coefficient (Wildman–Crippen LogP) is 1.12. The monoisotopic (exact) mass is 265 g/mol. The molecule has 19 heavy (non-hydrogen) atoms. The normalized spacial score (nSPS) is 10.1. The highest BCUT2D eigenvalue weighted by Crippen LogP contribution is 2.09. The molecule has 1 heterocycles. The Hall–Kier alpha value is -1.98. The predicted molar refractivity (Wildman–Crippen MR) is 69.7 cm³/mol. The van der Waals surface area contributed by atoms with Crippen LogP contribution < -0.4 is 0 Å². The molecular weight excluding hydrogens is 246 g/mol. The van der Waals surface area contributed by atoms with E-state index in [1.54, 1.807) is 31.9 Å². The van der Waals surface area contributed by atoms with E-state index in [4.69, 9.17) is 0 Å². The van der Waals surface area contributed by atoms with Crippen LogP contribution in [0.3, 0.4) is 0 Å². The lowest BCUT2D eigenvalue weighted by Gasteiger charge is -2.17. The second kappa shape index (κ2) is 6.82. The van der Waals surface area contributed by atoms with Crippen molar-refractivity contribution in [2.75, 3.05) is 20.7 Å². The van der Waals surface area contributed by atoms with Crippen molar-refractivity contribution in [3.8, 4) is 0 Å². The molecule has 0 aliphatic carbocycles. The maximum absolute atomic E-state index is 12.2. The van der Waals surface area contributed by atoms with Gasteiger partial charge >= 0.3 is 5.97 Å². The third kappa shape index (κ3) is 4.31. The van der Waals surface area contributed by atoms with Crippen molar-refractivity contribution < 1.29 is 14.3 Å². The van der Waals surface area contributed by atoms with Crippen LogP contribution >= 0.6 is 0 Å². The van der Waals surface area contributed by atoms with Crippen molar-refractivity contribution in [2.45, 2.75) is 26.7 Å². The first-order valence-electron chi connectivity index (χ1n) is 6.09. The molecule has 0 bridgehead atoms. The zero-order chi connectivity index (χ0) is 14.4. The van der Waals surface area contributed by atoms with Crippen LogP contribution in [0.25, 0.3) is 0 Å². The molecule has 0 aliphatic heterocycles. The third-order valence-corrected chi connectivity index (χ3v) is 2.78. The van der Waals surface area contributed by atoms with E-state index in [1.165, 1.54) is 7.11 Å². The molecule has 0 spiro atoms. The fourth-order valence-electron chi connectivity index (χ4n) is 1.64. The first kappa shape index (κ1) is 15.1.